The summed E-state index contributed by atoms with van der Waals surface area (Å²) in [4.78, 5) is 12.3. The summed E-state index contributed by atoms with van der Waals surface area (Å²) in [5.74, 6) is 0.588. The largest absolute Gasteiger partial charge is 0.497 e. The molecule has 0 unspecified atom stereocenters. The number of aryl methyl sites for hydroxylation is 2. The van der Waals surface area contributed by atoms with Gasteiger partial charge in [-0.05, 0) is 51.0 Å². The maximum absolute atomic E-state index is 12.3. The van der Waals surface area contributed by atoms with E-state index in [0.29, 0.717) is 11.3 Å². The van der Waals surface area contributed by atoms with Crippen molar-refractivity contribution in [1.29, 1.82) is 0 Å². The first-order valence-electron chi connectivity index (χ1n) is 7.36. The number of benzene rings is 1. The van der Waals surface area contributed by atoms with Crippen LogP contribution in [0.4, 0.5) is 0 Å². The molecule has 5 nitrogen and oxygen atoms in total. The van der Waals surface area contributed by atoms with Crippen molar-refractivity contribution in [2.24, 2.45) is 7.05 Å². The molecular weight excluding hydrogens is 278 g/mol. The molecule has 0 bridgehead atoms. The van der Waals surface area contributed by atoms with Crippen molar-refractivity contribution in [3.8, 4) is 5.75 Å². The molecule has 1 atom stereocenters. The second-order valence-corrected chi connectivity index (χ2v) is 5.58. The Morgan fingerprint density at radius 2 is 2.14 bits per heavy atom. The van der Waals surface area contributed by atoms with Crippen molar-refractivity contribution in [3.63, 3.8) is 0 Å². The average molecular weight is 301 g/mol. The number of aromatic nitrogens is 2. The van der Waals surface area contributed by atoms with Crippen LogP contribution in [0.25, 0.3) is 0 Å². The Labute approximate surface area is 131 Å². The minimum atomic E-state index is -0.0920. The molecule has 0 saturated heterocycles. The molecule has 22 heavy (non-hydrogen) atoms. The molecule has 118 valence electrons. The zero-order valence-electron chi connectivity index (χ0n) is 13.8. The lowest BCUT2D eigenvalue weighted by molar-refractivity contribution is 0.0939. The normalized spacial score (nSPS) is 12.0. The number of rotatable bonds is 5. The molecule has 0 aliphatic heterocycles. The van der Waals surface area contributed by atoms with Gasteiger partial charge in [0.25, 0.3) is 5.91 Å². The van der Waals surface area contributed by atoms with E-state index in [9.17, 15) is 4.79 Å². The summed E-state index contributed by atoms with van der Waals surface area (Å²) < 4.78 is 7.03. The van der Waals surface area contributed by atoms with Crippen LogP contribution in [0.3, 0.4) is 0 Å². The maximum Gasteiger partial charge on any atom is 0.251 e. The highest BCUT2D eigenvalue weighted by molar-refractivity contribution is 5.94. The molecule has 2 rings (SSSR count). The zero-order valence-corrected chi connectivity index (χ0v) is 13.8. The van der Waals surface area contributed by atoms with E-state index in [1.54, 1.807) is 19.2 Å². The molecule has 1 heterocycles. The second kappa shape index (κ2) is 6.64. The summed E-state index contributed by atoms with van der Waals surface area (Å²) in [6.45, 7) is 6.05. The van der Waals surface area contributed by atoms with Gasteiger partial charge >= 0.3 is 0 Å². The van der Waals surface area contributed by atoms with Crippen LogP contribution in [0, 0.1) is 13.8 Å². The predicted molar refractivity (Wildman–Crippen MR) is 86.3 cm³/mol. The Morgan fingerprint density at radius 3 is 2.73 bits per heavy atom. The molecule has 0 aliphatic rings. The molecule has 1 aromatic heterocycles. The summed E-state index contributed by atoms with van der Waals surface area (Å²) in [5, 5.41) is 7.44. The number of methoxy groups -OCH3 is 1. The summed E-state index contributed by atoms with van der Waals surface area (Å²) >= 11 is 0. The van der Waals surface area contributed by atoms with E-state index in [0.717, 1.165) is 17.8 Å². The smallest absolute Gasteiger partial charge is 0.251 e. The van der Waals surface area contributed by atoms with E-state index in [1.165, 1.54) is 5.56 Å². The Bertz CT molecular complexity index is 677. The summed E-state index contributed by atoms with van der Waals surface area (Å²) in [6.07, 6.45) is 0.765. The molecule has 2 aromatic rings. The maximum atomic E-state index is 12.3. The van der Waals surface area contributed by atoms with Crippen LogP contribution in [-0.2, 0) is 13.5 Å². The van der Waals surface area contributed by atoms with Crippen molar-refractivity contribution in [2.45, 2.75) is 33.2 Å². The lowest BCUT2D eigenvalue weighted by Gasteiger charge is -2.14. The lowest BCUT2D eigenvalue weighted by Crippen LogP contribution is -2.34. The molecule has 5 heteroatoms. The van der Waals surface area contributed by atoms with Crippen LogP contribution in [0.5, 0.6) is 5.75 Å². The number of ether oxygens (including phenoxy) is 1. The van der Waals surface area contributed by atoms with Gasteiger partial charge < -0.3 is 10.1 Å². The Kier molecular flexibility index (Phi) is 4.85. The molecule has 0 saturated carbocycles. The van der Waals surface area contributed by atoms with Gasteiger partial charge in [0.15, 0.2) is 0 Å². The highest BCUT2D eigenvalue weighted by Crippen LogP contribution is 2.15. The third-order valence-corrected chi connectivity index (χ3v) is 3.88. The first-order chi connectivity index (χ1) is 10.4. The standard InChI is InChI=1S/C17H23N3O2/c1-11(9-16-12(2)19-20(4)13(16)3)18-17(21)14-7-6-8-15(10-14)22-5/h6-8,10-11H,9H2,1-5H3,(H,18,21)/t11-/m1/s1. The number of amides is 1. The van der Waals surface area contributed by atoms with Gasteiger partial charge in [-0.25, -0.2) is 0 Å². The zero-order chi connectivity index (χ0) is 16.3. The van der Waals surface area contributed by atoms with Crippen molar-refractivity contribution in [1.82, 2.24) is 15.1 Å². The lowest BCUT2D eigenvalue weighted by atomic mass is 10.0. The van der Waals surface area contributed by atoms with E-state index >= 15 is 0 Å². The van der Waals surface area contributed by atoms with E-state index in [4.69, 9.17) is 4.74 Å². The Morgan fingerprint density at radius 1 is 1.41 bits per heavy atom. The van der Waals surface area contributed by atoms with Crippen LogP contribution in [0.15, 0.2) is 24.3 Å². The average Bonchev–Trinajstić information content (AvgIpc) is 2.73. The number of carbonyl (C=O) groups is 1. The minimum absolute atomic E-state index is 0.0281. The summed E-state index contributed by atoms with van der Waals surface area (Å²) in [5.41, 5.74) is 3.95. The van der Waals surface area contributed by atoms with E-state index in [1.807, 2.05) is 44.6 Å². The van der Waals surface area contributed by atoms with Gasteiger partial charge in [0.05, 0.1) is 12.8 Å². The van der Waals surface area contributed by atoms with E-state index < -0.39 is 0 Å². The summed E-state index contributed by atoms with van der Waals surface area (Å²) in [7, 11) is 3.53. The monoisotopic (exact) mass is 301 g/mol. The second-order valence-electron chi connectivity index (χ2n) is 5.58. The third-order valence-electron chi connectivity index (χ3n) is 3.88. The van der Waals surface area contributed by atoms with Gasteiger partial charge in [-0.2, -0.15) is 5.10 Å². The van der Waals surface area contributed by atoms with Crippen LogP contribution >= 0.6 is 0 Å². The number of nitrogens with one attached hydrogen (secondary N) is 1. The topological polar surface area (TPSA) is 56.1 Å². The fraction of sp³-hybridized carbons (Fsp3) is 0.412. The first kappa shape index (κ1) is 16.1. The van der Waals surface area contributed by atoms with Crippen molar-refractivity contribution in [2.75, 3.05) is 7.11 Å². The van der Waals surface area contributed by atoms with E-state index in [2.05, 4.69) is 10.4 Å². The van der Waals surface area contributed by atoms with Gasteiger partial charge in [-0.1, -0.05) is 6.07 Å². The van der Waals surface area contributed by atoms with Crippen LogP contribution in [-0.4, -0.2) is 28.8 Å². The molecule has 1 amide bonds. The van der Waals surface area contributed by atoms with Crippen LogP contribution < -0.4 is 10.1 Å². The van der Waals surface area contributed by atoms with Gasteiger partial charge in [0, 0.05) is 24.3 Å². The SMILES string of the molecule is COc1cccc(C(=O)N[C@H](C)Cc2c(C)nn(C)c2C)c1. The van der Waals surface area contributed by atoms with Crippen molar-refractivity contribution >= 4 is 5.91 Å². The minimum Gasteiger partial charge on any atom is -0.497 e. The quantitative estimate of drug-likeness (QED) is 0.922. The van der Waals surface area contributed by atoms with Gasteiger partial charge in [-0.3, -0.25) is 9.48 Å². The van der Waals surface area contributed by atoms with E-state index in [-0.39, 0.29) is 11.9 Å². The van der Waals surface area contributed by atoms with Crippen molar-refractivity contribution in [3.05, 3.63) is 46.8 Å². The number of hydrogen-bond donors (Lipinski definition) is 1. The van der Waals surface area contributed by atoms with Crippen molar-refractivity contribution < 1.29 is 9.53 Å². The molecule has 0 aliphatic carbocycles. The fourth-order valence-electron chi connectivity index (χ4n) is 2.54. The molecule has 0 radical (unpaired) electrons. The summed E-state index contributed by atoms with van der Waals surface area (Å²) in [6, 6.07) is 7.18. The highest BCUT2D eigenvalue weighted by atomic mass is 16.5. The number of hydrogen-bond acceptors (Lipinski definition) is 3. The molecule has 1 aromatic carbocycles. The molecule has 0 spiro atoms. The molecular formula is C17H23N3O2. The molecule has 1 N–H and O–H groups in total. The predicted octanol–water partition coefficient (Wildman–Crippen LogP) is 2.41. The number of nitrogens with zero attached hydrogens (tertiary/aromatic N) is 2. The third kappa shape index (κ3) is 3.47. The molecule has 0 fully saturated rings. The Hall–Kier alpha value is -2.30. The highest BCUT2D eigenvalue weighted by Gasteiger charge is 2.15. The van der Waals surface area contributed by atoms with Gasteiger partial charge in [0.2, 0.25) is 0 Å². The Balaban J connectivity index is 2.05. The fourth-order valence-corrected chi connectivity index (χ4v) is 2.54. The van der Waals surface area contributed by atoms with Crippen LogP contribution in [0.1, 0.15) is 34.2 Å². The van der Waals surface area contributed by atoms with Crippen LogP contribution in [0.2, 0.25) is 0 Å². The van der Waals surface area contributed by atoms with Gasteiger partial charge in [-0.15, -0.1) is 0 Å². The van der Waals surface area contributed by atoms with Gasteiger partial charge in [0.1, 0.15) is 5.75 Å². The first-order valence-corrected chi connectivity index (χ1v) is 7.36. The number of carbonyl (C=O) groups excluding carboxylic acids is 1.